The second-order valence-corrected chi connectivity index (χ2v) is 7.28. The van der Waals surface area contributed by atoms with Crippen molar-refractivity contribution in [2.24, 2.45) is 11.0 Å². The van der Waals surface area contributed by atoms with E-state index in [1.807, 2.05) is 30.3 Å². The molecule has 1 fully saturated rings. The van der Waals surface area contributed by atoms with E-state index < -0.39 is 0 Å². The first-order chi connectivity index (χ1) is 14.2. The molecule has 1 saturated heterocycles. The Bertz CT molecular complexity index is 779. The molecule has 156 valence electrons. The third-order valence-electron chi connectivity index (χ3n) is 5.37. The highest BCUT2D eigenvalue weighted by molar-refractivity contribution is 5.33. The molecular weight excluding hydrogens is 368 g/mol. The van der Waals surface area contributed by atoms with Crippen molar-refractivity contribution in [3.05, 3.63) is 64.3 Å². The van der Waals surface area contributed by atoms with Gasteiger partial charge in [-0.15, -0.1) is 4.91 Å². The predicted octanol–water partition coefficient (Wildman–Crippen LogP) is 2.24. The fraction of sp³-hybridized carbons (Fsp3) is 0.476. The number of nitrogens with one attached hydrogen (secondary N) is 1. The Hall–Kier alpha value is -2.55. The van der Waals surface area contributed by atoms with Crippen LogP contribution in [0.1, 0.15) is 29.7 Å². The molecule has 0 spiro atoms. The van der Waals surface area contributed by atoms with Gasteiger partial charge in [-0.3, -0.25) is 15.2 Å². The van der Waals surface area contributed by atoms with Crippen LogP contribution < -0.4 is 15.8 Å². The summed E-state index contributed by atoms with van der Waals surface area (Å²) in [5.74, 6) is 0.919. The van der Waals surface area contributed by atoms with Crippen LogP contribution in [0.4, 0.5) is 0 Å². The van der Waals surface area contributed by atoms with Crippen LogP contribution in [-0.2, 0) is 19.6 Å². The van der Waals surface area contributed by atoms with Gasteiger partial charge in [-0.05, 0) is 36.6 Å². The Kier molecular flexibility index (Phi) is 7.92. The number of piperidine rings is 1. The molecule has 2 heterocycles. The lowest BCUT2D eigenvalue weighted by molar-refractivity contribution is 0.0980. The molecule has 1 aromatic carbocycles. The molecule has 8 nitrogen and oxygen atoms in total. The van der Waals surface area contributed by atoms with Crippen LogP contribution in [0.3, 0.4) is 0 Å². The van der Waals surface area contributed by atoms with Gasteiger partial charge < -0.3 is 10.5 Å². The van der Waals surface area contributed by atoms with Crippen molar-refractivity contribution in [1.82, 2.24) is 20.2 Å². The molecular formula is C21H30N6O2. The van der Waals surface area contributed by atoms with E-state index >= 15 is 0 Å². The lowest BCUT2D eigenvalue weighted by Gasteiger charge is -2.35. The molecule has 3 N–H and O–H groups in total. The second-order valence-electron chi connectivity index (χ2n) is 7.28. The van der Waals surface area contributed by atoms with Crippen LogP contribution in [0, 0.1) is 4.91 Å². The molecule has 8 heteroatoms. The normalized spacial score (nSPS) is 15.2. The van der Waals surface area contributed by atoms with E-state index in [-0.39, 0.29) is 6.04 Å². The number of pyridine rings is 1. The number of ether oxygens (including phenoxy) is 1. The quantitative estimate of drug-likeness (QED) is 0.360. The van der Waals surface area contributed by atoms with Gasteiger partial charge in [0.1, 0.15) is 5.75 Å². The Morgan fingerprint density at radius 3 is 2.83 bits per heavy atom. The first-order valence-electron chi connectivity index (χ1n) is 10.0. The lowest BCUT2D eigenvalue weighted by atomic mass is 10.0. The largest absolute Gasteiger partial charge is 0.496 e. The zero-order valence-corrected chi connectivity index (χ0v) is 17.0. The molecule has 0 radical (unpaired) electrons. The number of hydrogen-bond acceptors (Lipinski definition) is 7. The zero-order valence-electron chi connectivity index (χ0n) is 17.0. The number of hydrogen-bond donors (Lipinski definition) is 2. The number of benzene rings is 1. The summed E-state index contributed by atoms with van der Waals surface area (Å²) < 4.78 is 5.45. The zero-order chi connectivity index (χ0) is 20.5. The van der Waals surface area contributed by atoms with Gasteiger partial charge in [0.2, 0.25) is 0 Å². The molecule has 0 aliphatic carbocycles. The van der Waals surface area contributed by atoms with Crippen LogP contribution in [0.2, 0.25) is 0 Å². The molecule has 29 heavy (non-hydrogen) atoms. The Morgan fingerprint density at radius 2 is 2.10 bits per heavy atom. The molecule has 3 rings (SSSR count). The SMILES string of the molecule is COc1ccccc1CN1CCC(N(CNCc2cc(CN)ccn2)N=O)CC1. The lowest BCUT2D eigenvalue weighted by Crippen LogP contribution is -2.45. The van der Waals surface area contributed by atoms with E-state index in [1.165, 1.54) is 5.56 Å². The summed E-state index contributed by atoms with van der Waals surface area (Å²) >= 11 is 0. The number of aromatic nitrogens is 1. The van der Waals surface area contributed by atoms with E-state index in [1.54, 1.807) is 18.3 Å². The fourth-order valence-electron chi connectivity index (χ4n) is 3.72. The molecule has 1 aliphatic heterocycles. The van der Waals surface area contributed by atoms with Crippen LogP contribution in [-0.4, -0.2) is 47.8 Å². The summed E-state index contributed by atoms with van der Waals surface area (Å²) in [7, 11) is 1.70. The summed E-state index contributed by atoms with van der Waals surface area (Å²) in [5.41, 5.74) is 8.81. The number of nitrogens with zero attached hydrogens (tertiary/aromatic N) is 4. The minimum atomic E-state index is 0.150. The molecule has 0 atom stereocenters. The number of nitroso groups, excluding NO2 is 1. The minimum Gasteiger partial charge on any atom is -0.496 e. The smallest absolute Gasteiger partial charge is 0.123 e. The van der Waals surface area contributed by atoms with Crippen molar-refractivity contribution in [3.8, 4) is 5.75 Å². The third kappa shape index (κ3) is 5.96. The van der Waals surface area contributed by atoms with E-state index in [9.17, 15) is 4.91 Å². The Balaban J connectivity index is 1.45. The first-order valence-corrected chi connectivity index (χ1v) is 10.0. The van der Waals surface area contributed by atoms with Gasteiger partial charge in [0, 0.05) is 44.5 Å². The van der Waals surface area contributed by atoms with Gasteiger partial charge in [-0.25, -0.2) is 5.01 Å². The van der Waals surface area contributed by atoms with Crippen LogP contribution in [0.5, 0.6) is 5.75 Å². The number of rotatable bonds is 10. The van der Waals surface area contributed by atoms with E-state index in [0.717, 1.165) is 49.5 Å². The summed E-state index contributed by atoms with van der Waals surface area (Å²) in [6.07, 6.45) is 3.57. The van der Waals surface area contributed by atoms with E-state index in [2.05, 4.69) is 26.6 Å². The molecule has 2 aromatic rings. The van der Waals surface area contributed by atoms with Crippen molar-refractivity contribution in [1.29, 1.82) is 0 Å². The summed E-state index contributed by atoms with van der Waals surface area (Å²) in [5, 5.41) is 8.14. The van der Waals surface area contributed by atoms with Crippen molar-refractivity contribution >= 4 is 0 Å². The maximum Gasteiger partial charge on any atom is 0.123 e. The maximum absolute atomic E-state index is 11.4. The van der Waals surface area contributed by atoms with Crippen LogP contribution in [0.15, 0.2) is 47.9 Å². The first kappa shape index (κ1) is 21.2. The van der Waals surface area contributed by atoms with E-state index in [0.29, 0.717) is 19.8 Å². The van der Waals surface area contributed by atoms with Gasteiger partial charge in [-0.2, -0.15) is 0 Å². The summed E-state index contributed by atoms with van der Waals surface area (Å²) in [4.78, 5) is 18.1. The van der Waals surface area contributed by atoms with Crippen molar-refractivity contribution in [3.63, 3.8) is 0 Å². The van der Waals surface area contributed by atoms with Gasteiger partial charge >= 0.3 is 0 Å². The molecule has 0 bridgehead atoms. The van der Waals surface area contributed by atoms with Crippen molar-refractivity contribution in [2.45, 2.75) is 38.5 Å². The summed E-state index contributed by atoms with van der Waals surface area (Å²) in [6.45, 7) is 4.18. The van der Waals surface area contributed by atoms with Gasteiger partial charge in [0.05, 0.1) is 30.8 Å². The highest BCUT2D eigenvalue weighted by Crippen LogP contribution is 2.23. The number of para-hydroxylation sites is 1. The van der Waals surface area contributed by atoms with Crippen molar-refractivity contribution in [2.75, 3.05) is 26.9 Å². The van der Waals surface area contributed by atoms with E-state index in [4.69, 9.17) is 10.5 Å². The Labute approximate surface area is 172 Å². The van der Waals surface area contributed by atoms with Crippen molar-refractivity contribution < 1.29 is 4.74 Å². The second kappa shape index (κ2) is 10.8. The topological polar surface area (TPSA) is 96.1 Å². The van der Waals surface area contributed by atoms with Crippen LogP contribution >= 0.6 is 0 Å². The fourth-order valence-corrected chi connectivity index (χ4v) is 3.72. The standard InChI is InChI=1S/C21H30N6O2/c1-29-21-5-3-2-4-18(21)15-26-10-7-20(8-11-26)27(25-28)16-23-14-19-12-17(13-22)6-9-24-19/h2-6,9,12,20,23H,7-8,10-11,13-16,22H2,1H3. The minimum absolute atomic E-state index is 0.150. The monoisotopic (exact) mass is 398 g/mol. The molecule has 1 aromatic heterocycles. The average Bonchev–Trinajstić information content (AvgIpc) is 2.78. The molecule has 0 unspecified atom stereocenters. The average molecular weight is 399 g/mol. The highest BCUT2D eigenvalue weighted by atomic mass is 16.5. The third-order valence-corrected chi connectivity index (χ3v) is 5.37. The molecule has 1 aliphatic rings. The number of likely N-dealkylation sites (tertiary alicyclic amines) is 1. The number of nitrogens with two attached hydrogens (primary N) is 1. The summed E-state index contributed by atoms with van der Waals surface area (Å²) in [6, 6.07) is 12.1. The van der Waals surface area contributed by atoms with Gasteiger partial charge in [0.25, 0.3) is 0 Å². The molecule has 0 amide bonds. The maximum atomic E-state index is 11.4. The highest BCUT2D eigenvalue weighted by Gasteiger charge is 2.25. The molecule has 0 saturated carbocycles. The van der Waals surface area contributed by atoms with Crippen LogP contribution in [0.25, 0.3) is 0 Å². The van der Waals surface area contributed by atoms with Gasteiger partial charge in [-0.1, -0.05) is 18.2 Å². The number of methoxy groups -OCH3 is 1. The van der Waals surface area contributed by atoms with Gasteiger partial charge in [0.15, 0.2) is 0 Å². The Morgan fingerprint density at radius 1 is 1.31 bits per heavy atom. The predicted molar refractivity (Wildman–Crippen MR) is 113 cm³/mol.